The van der Waals surface area contributed by atoms with E-state index in [-0.39, 0.29) is 0 Å². The Hall–Kier alpha value is 0.0600. The molecule has 1 aromatic heterocycles. The lowest BCUT2D eigenvalue weighted by atomic mass is 10.2. The number of halogens is 1. The Morgan fingerprint density at radius 1 is 1.26 bits per heavy atom. The molecule has 0 radical (unpaired) electrons. The van der Waals surface area contributed by atoms with Crippen molar-refractivity contribution in [1.82, 2.24) is 15.1 Å². The van der Waals surface area contributed by atoms with Gasteiger partial charge in [-0.05, 0) is 49.0 Å². The zero-order valence-electron chi connectivity index (χ0n) is 12.0. The molecule has 2 atom stereocenters. The molecule has 0 amide bonds. The summed E-state index contributed by atoms with van der Waals surface area (Å²) in [4.78, 5) is 6.37. The molecule has 0 bridgehead atoms. The van der Waals surface area contributed by atoms with Gasteiger partial charge in [-0.2, -0.15) is 0 Å². The van der Waals surface area contributed by atoms with Gasteiger partial charge < -0.3 is 10.2 Å². The van der Waals surface area contributed by atoms with Gasteiger partial charge in [0, 0.05) is 49.7 Å². The molecule has 19 heavy (non-hydrogen) atoms. The SMILES string of the molecule is C[C@H](N[C@@H](C)CN1CCN(C)CC1)c1ccc(Br)s1. The minimum Gasteiger partial charge on any atom is -0.306 e. The van der Waals surface area contributed by atoms with Gasteiger partial charge in [0.05, 0.1) is 3.79 Å². The first-order chi connectivity index (χ1) is 9.04. The van der Waals surface area contributed by atoms with Crippen molar-refractivity contribution in [2.75, 3.05) is 39.8 Å². The van der Waals surface area contributed by atoms with Crippen molar-refractivity contribution < 1.29 is 0 Å². The van der Waals surface area contributed by atoms with Crippen molar-refractivity contribution in [1.29, 1.82) is 0 Å². The number of thiophene rings is 1. The standard InChI is InChI=1S/C14H24BrN3S/c1-11(10-18-8-6-17(3)7-9-18)16-12(2)13-4-5-14(15)19-13/h4-5,11-12,16H,6-10H2,1-3H3/t11-,12-/m0/s1. The number of piperazine rings is 1. The maximum absolute atomic E-state index is 3.70. The summed E-state index contributed by atoms with van der Waals surface area (Å²) < 4.78 is 1.21. The molecule has 1 aromatic rings. The monoisotopic (exact) mass is 345 g/mol. The van der Waals surface area contributed by atoms with Crippen molar-refractivity contribution in [3.05, 3.63) is 20.8 Å². The van der Waals surface area contributed by atoms with E-state index in [1.54, 1.807) is 0 Å². The third-order valence-corrected chi connectivity index (χ3v) is 5.49. The van der Waals surface area contributed by atoms with Crippen LogP contribution in [0.15, 0.2) is 15.9 Å². The lowest BCUT2D eigenvalue weighted by molar-refractivity contribution is 0.142. The van der Waals surface area contributed by atoms with Gasteiger partial charge in [-0.15, -0.1) is 11.3 Å². The summed E-state index contributed by atoms with van der Waals surface area (Å²) in [6.45, 7) is 10.5. The molecule has 2 heterocycles. The van der Waals surface area contributed by atoms with Crippen molar-refractivity contribution in [2.45, 2.75) is 25.9 Å². The first-order valence-electron chi connectivity index (χ1n) is 6.97. The third-order valence-electron chi connectivity index (χ3n) is 3.68. The summed E-state index contributed by atoms with van der Waals surface area (Å²) in [5.41, 5.74) is 0. The van der Waals surface area contributed by atoms with Gasteiger partial charge in [0.25, 0.3) is 0 Å². The van der Waals surface area contributed by atoms with E-state index in [2.05, 4.69) is 64.1 Å². The van der Waals surface area contributed by atoms with E-state index in [1.807, 2.05) is 11.3 Å². The van der Waals surface area contributed by atoms with E-state index >= 15 is 0 Å². The first-order valence-corrected chi connectivity index (χ1v) is 8.57. The Labute approximate surface area is 129 Å². The summed E-state index contributed by atoms with van der Waals surface area (Å²) in [7, 11) is 2.20. The fourth-order valence-corrected chi connectivity index (χ4v) is 3.98. The van der Waals surface area contributed by atoms with Crippen LogP contribution in [-0.4, -0.2) is 55.6 Å². The summed E-state index contributed by atoms with van der Waals surface area (Å²) in [5, 5.41) is 3.70. The van der Waals surface area contributed by atoms with Crippen molar-refractivity contribution >= 4 is 27.3 Å². The summed E-state index contributed by atoms with van der Waals surface area (Å²) in [6, 6.07) is 5.29. The molecule has 2 rings (SSSR count). The van der Waals surface area contributed by atoms with E-state index in [9.17, 15) is 0 Å². The minimum absolute atomic E-state index is 0.429. The second-order valence-electron chi connectivity index (χ2n) is 5.54. The van der Waals surface area contributed by atoms with Crippen LogP contribution in [0.1, 0.15) is 24.8 Å². The largest absolute Gasteiger partial charge is 0.306 e. The van der Waals surface area contributed by atoms with Crippen LogP contribution in [0.4, 0.5) is 0 Å². The summed E-state index contributed by atoms with van der Waals surface area (Å²) in [5.74, 6) is 0. The van der Waals surface area contributed by atoms with Gasteiger partial charge in [0.15, 0.2) is 0 Å². The van der Waals surface area contributed by atoms with Gasteiger partial charge in [-0.1, -0.05) is 0 Å². The lowest BCUT2D eigenvalue weighted by Crippen LogP contribution is -2.49. The molecule has 3 nitrogen and oxygen atoms in total. The predicted molar refractivity (Wildman–Crippen MR) is 87.0 cm³/mol. The Kier molecular flexibility index (Phi) is 5.84. The van der Waals surface area contributed by atoms with Crippen LogP contribution in [0.25, 0.3) is 0 Å². The van der Waals surface area contributed by atoms with Crippen molar-refractivity contribution in [3.63, 3.8) is 0 Å². The Morgan fingerprint density at radius 2 is 1.95 bits per heavy atom. The van der Waals surface area contributed by atoms with Crippen molar-refractivity contribution in [3.8, 4) is 0 Å². The van der Waals surface area contributed by atoms with Gasteiger partial charge in [0.1, 0.15) is 0 Å². The second kappa shape index (κ2) is 7.18. The third kappa shape index (κ3) is 4.83. The van der Waals surface area contributed by atoms with Crippen LogP contribution in [-0.2, 0) is 0 Å². The lowest BCUT2D eigenvalue weighted by Gasteiger charge is -2.34. The molecule has 1 aliphatic heterocycles. The molecule has 0 aliphatic carbocycles. The van der Waals surface area contributed by atoms with E-state index in [0.29, 0.717) is 12.1 Å². The smallest absolute Gasteiger partial charge is 0.0701 e. The molecule has 0 unspecified atom stereocenters. The molecule has 5 heteroatoms. The van der Waals surface area contributed by atoms with Crippen LogP contribution < -0.4 is 5.32 Å². The topological polar surface area (TPSA) is 18.5 Å². The van der Waals surface area contributed by atoms with E-state index < -0.39 is 0 Å². The zero-order valence-corrected chi connectivity index (χ0v) is 14.4. The van der Waals surface area contributed by atoms with Crippen molar-refractivity contribution in [2.24, 2.45) is 0 Å². The fourth-order valence-electron chi connectivity index (χ4n) is 2.54. The summed E-state index contributed by atoms with van der Waals surface area (Å²) in [6.07, 6.45) is 0. The molecule has 1 aliphatic rings. The first kappa shape index (κ1) is 15.4. The number of hydrogen-bond donors (Lipinski definition) is 1. The van der Waals surface area contributed by atoms with E-state index in [1.165, 1.54) is 34.8 Å². The molecular formula is C14H24BrN3S. The van der Waals surface area contributed by atoms with Crippen LogP contribution in [0.2, 0.25) is 0 Å². The molecular weight excluding hydrogens is 322 g/mol. The number of likely N-dealkylation sites (N-methyl/N-ethyl adjacent to an activating group) is 1. The average Bonchev–Trinajstić information content (AvgIpc) is 2.79. The van der Waals surface area contributed by atoms with Crippen LogP contribution >= 0.6 is 27.3 Å². The molecule has 0 saturated carbocycles. The van der Waals surface area contributed by atoms with Gasteiger partial charge in [-0.25, -0.2) is 0 Å². The normalized spacial score (nSPS) is 21.5. The van der Waals surface area contributed by atoms with Crippen LogP contribution in [0, 0.1) is 0 Å². The zero-order chi connectivity index (χ0) is 13.8. The quantitative estimate of drug-likeness (QED) is 0.885. The molecule has 0 spiro atoms. The maximum Gasteiger partial charge on any atom is 0.0701 e. The highest BCUT2D eigenvalue weighted by Crippen LogP contribution is 2.27. The maximum atomic E-state index is 3.70. The van der Waals surface area contributed by atoms with Crippen LogP contribution in [0.5, 0.6) is 0 Å². The average molecular weight is 346 g/mol. The van der Waals surface area contributed by atoms with Gasteiger partial charge in [0.2, 0.25) is 0 Å². The molecule has 1 N–H and O–H groups in total. The molecule has 1 saturated heterocycles. The Balaban J connectivity index is 1.76. The van der Waals surface area contributed by atoms with Crippen LogP contribution in [0.3, 0.4) is 0 Å². The highest BCUT2D eigenvalue weighted by atomic mass is 79.9. The molecule has 1 fully saturated rings. The predicted octanol–water partition coefficient (Wildman–Crippen LogP) is 2.80. The van der Waals surface area contributed by atoms with Gasteiger partial charge in [-0.3, -0.25) is 4.90 Å². The molecule has 0 aromatic carbocycles. The number of nitrogens with zero attached hydrogens (tertiary/aromatic N) is 2. The number of hydrogen-bond acceptors (Lipinski definition) is 4. The molecule has 108 valence electrons. The van der Waals surface area contributed by atoms with E-state index in [0.717, 1.165) is 6.54 Å². The van der Waals surface area contributed by atoms with E-state index in [4.69, 9.17) is 0 Å². The summed E-state index contributed by atoms with van der Waals surface area (Å²) >= 11 is 5.35. The number of rotatable bonds is 5. The minimum atomic E-state index is 0.429. The second-order valence-corrected chi connectivity index (χ2v) is 8.03. The number of nitrogens with one attached hydrogen (secondary N) is 1. The highest BCUT2D eigenvalue weighted by Gasteiger charge is 2.17. The Bertz CT molecular complexity index is 388. The Morgan fingerprint density at radius 3 is 2.53 bits per heavy atom. The highest BCUT2D eigenvalue weighted by molar-refractivity contribution is 9.11. The van der Waals surface area contributed by atoms with Gasteiger partial charge >= 0.3 is 0 Å². The fraction of sp³-hybridized carbons (Fsp3) is 0.714.